The minimum atomic E-state index is 0.379. The first-order chi connectivity index (χ1) is 7.28. The highest BCUT2D eigenvalue weighted by atomic mass is 32.1. The van der Waals surface area contributed by atoms with Crippen LogP contribution in [-0.2, 0) is 0 Å². The molecular formula is C11H14N2OS. The number of thiazole rings is 1. The summed E-state index contributed by atoms with van der Waals surface area (Å²) in [5.74, 6) is 0. The Labute approximate surface area is 93.3 Å². The summed E-state index contributed by atoms with van der Waals surface area (Å²) in [4.78, 5) is 5.19. The molecule has 1 saturated carbocycles. The Morgan fingerprint density at radius 1 is 1.67 bits per heavy atom. The van der Waals surface area contributed by atoms with Crippen LogP contribution in [0.4, 0.5) is 0 Å². The van der Waals surface area contributed by atoms with Gasteiger partial charge < -0.3 is 10.5 Å². The average Bonchev–Trinajstić information content (AvgIpc) is 2.59. The van der Waals surface area contributed by atoms with Crippen LogP contribution in [0.15, 0.2) is 24.5 Å². The Morgan fingerprint density at radius 2 is 2.47 bits per heavy atom. The van der Waals surface area contributed by atoms with E-state index in [1.807, 2.05) is 6.08 Å². The van der Waals surface area contributed by atoms with Crippen LogP contribution in [-0.4, -0.2) is 11.1 Å². The molecule has 1 heterocycles. The predicted molar refractivity (Wildman–Crippen MR) is 62.7 cm³/mol. The molecule has 1 aliphatic carbocycles. The first-order valence-corrected chi connectivity index (χ1v) is 5.81. The van der Waals surface area contributed by atoms with E-state index in [2.05, 4.69) is 11.6 Å². The number of allylic oxidation sites excluding steroid dienone is 1. The maximum Gasteiger partial charge on any atom is 0.273 e. The van der Waals surface area contributed by atoms with Gasteiger partial charge in [-0.25, -0.2) is 4.98 Å². The molecule has 0 spiro atoms. The van der Waals surface area contributed by atoms with Crippen molar-refractivity contribution in [1.29, 1.82) is 0 Å². The summed E-state index contributed by atoms with van der Waals surface area (Å²) in [5.41, 5.74) is 6.28. The van der Waals surface area contributed by atoms with E-state index in [1.54, 1.807) is 12.3 Å². The fraction of sp³-hybridized carbons (Fsp3) is 0.364. The van der Waals surface area contributed by atoms with Crippen LogP contribution in [0.5, 0.6) is 5.19 Å². The lowest BCUT2D eigenvalue weighted by Crippen LogP contribution is -2.24. The molecule has 0 atom stereocenters. The van der Waals surface area contributed by atoms with E-state index in [4.69, 9.17) is 10.5 Å². The molecule has 0 amide bonds. The van der Waals surface area contributed by atoms with Crippen molar-refractivity contribution in [2.24, 2.45) is 5.73 Å². The maximum absolute atomic E-state index is 5.66. The lowest BCUT2D eigenvalue weighted by Gasteiger charge is -2.24. The molecule has 0 unspecified atom stereocenters. The molecule has 2 N–H and O–H groups in total. The third-order valence-electron chi connectivity index (χ3n) is 2.37. The van der Waals surface area contributed by atoms with E-state index in [9.17, 15) is 0 Å². The van der Waals surface area contributed by atoms with Gasteiger partial charge in [-0.2, -0.15) is 0 Å². The van der Waals surface area contributed by atoms with E-state index in [0.717, 1.165) is 22.9 Å². The number of nitrogens with two attached hydrogens (primary N) is 1. The Morgan fingerprint density at radius 3 is 3.07 bits per heavy atom. The van der Waals surface area contributed by atoms with Gasteiger partial charge >= 0.3 is 0 Å². The number of rotatable bonds is 4. The first kappa shape index (κ1) is 10.2. The van der Waals surface area contributed by atoms with Crippen molar-refractivity contribution in [2.75, 3.05) is 0 Å². The number of hydrogen-bond donors (Lipinski definition) is 1. The van der Waals surface area contributed by atoms with E-state index in [1.165, 1.54) is 17.8 Å². The summed E-state index contributed by atoms with van der Waals surface area (Å²) in [7, 11) is 0. The van der Waals surface area contributed by atoms with E-state index >= 15 is 0 Å². The molecule has 0 radical (unpaired) electrons. The van der Waals surface area contributed by atoms with Gasteiger partial charge in [-0.3, -0.25) is 0 Å². The summed E-state index contributed by atoms with van der Waals surface area (Å²) in [6.45, 7) is 3.59. The highest BCUT2D eigenvalue weighted by molar-refractivity contribution is 7.14. The van der Waals surface area contributed by atoms with E-state index < -0.39 is 0 Å². The summed E-state index contributed by atoms with van der Waals surface area (Å²) in [6, 6.07) is 0. The minimum absolute atomic E-state index is 0.379. The van der Waals surface area contributed by atoms with Crippen molar-refractivity contribution in [3.05, 3.63) is 29.4 Å². The molecule has 1 aromatic heterocycles. The third-order valence-corrected chi connectivity index (χ3v) is 3.20. The van der Waals surface area contributed by atoms with Crippen molar-refractivity contribution in [2.45, 2.75) is 25.4 Å². The SMILES string of the molecule is C=C/C(N)=C/c1cnc(OC2CCC2)s1. The second kappa shape index (κ2) is 4.49. The van der Waals surface area contributed by atoms with Gasteiger partial charge in [0.05, 0.1) is 4.88 Å². The van der Waals surface area contributed by atoms with Crippen LogP contribution in [0.3, 0.4) is 0 Å². The summed E-state index contributed by atoms with van der Waals surface area (Å²) >= 11 is 1.52. The summed E-state index contributed by atoms with van der Waals surface area (Å²) < 4.78 is 5.66. The van der Waals surface area contributed by atoms with Gasteiger partial charge in [0.2, 0.25) is 0 Å². The average molecular weight is 222 g/mol. The smallest absolute Gasteiger partial charge is 0.273 e. The van der Waals surface area contributed by atoms with Gasteiger partial charge in [0, 0.05) is 11.9 Å². The zero-order valence-electron chi connectivity index (χ0n) is 8.48. The summed E-state index contributed by atoms with van der Waals surface area (Å²) in [6.07, 6.45) is 9.19. The highest BCUT2D eigenvalue weighted by Gasteiger charge is 2.20. The Balaban J connectivity index is 1.99. The standard InChI is InChI=1S/C11H14N2OS/c1-2-8(12)6-10-7-13-11(15-10)14-9-4-3-5-9/h2,6-7,9H,1,3-5,12H2/b8-6-. The molecule has 1 aromatic rings. The molecule has 2 rings (SSSR count). The third kappa shape index (κ3) is 2.59. The normalized spacial score (nSPS) is 17.2. The molecule has 0 bridgehead atoms. The largest absolute Gasteiger partial charge is 0.467 e. The van der Waals surface area contributed by atoms with Gasteiger partial charge in [0.1, 0.15) is 6.10 Å². The molecule has 15 heavy (non-hydrogen) atoms. The zero-order chi connectivity index (χ0) is 10.7. The van der Waals surface area contributed by atoms with Crippen molar-refractivity contribution in [3.8, 4) is 5.19 Å². The molecule has 4 heteroatoms. The van der Waals surface area contributed by atoms with Gasteiger partial charge in [-0.05, 0) is 31.4 Å². The van der Waals surface area contributed by atoms with Crippen molar-refractivity contribution in [3.63, 3.8) is 0 Å². The van der Waals surface area contributed by atoms with Crippen molar-refractivity contribution in [1.82, 2.24) is 4.98 Å². The second-order valence-electron chi connectivity index (χ2n) is 3.55. The molecular weight excluding hydrogens is 208 g/mol. The first-order valence-electron chi connectivity index (χ1n) is 5.00. The molecule has 0 aliphatic heterocycles. The number of aromatic nitrogens is 1. The van der Waals surface area contributed by atoms with Crippen LogP contribution < -0.4 is 10.5 Å². The molecule has 3 nitrogen and oxygen atoms in total. The van der Waals surface area contributed by atoms with Crippen LogP contribution in [0.1, 0.15) is 24.1 Å². The maximum atomic E-state index is 5.66. The Kier molecular flexibility index (Phi) is 3.06. The van der Waals surface area contributed by atoms with Crippen molar-refractivity contribution < 1.29 is 4.74 Å². The lowest BCUT2D eigenvalue weighted by atomic mass is 9.96. The van der Waals surface area contributed by atoms with Crippen LogP contribution in [0.2, 0.25) is 0 Å². The van der Waals surface area contributed by atoms with Crippen LogP contribution in [0, 0.1) is 0 Å². The van der Waals surface area contributed by atoms with Crippen LogP contribution in [0.25, 0.3) is 6.08 Å². The van der Waals surface area contributed by atoms with Crippen molar-refractivity contribution >= 4 is 17.4 Å². The molecule has 80 valence electrons. The van der Waals surface area contributed by atoms with Gasteiger partial charge in [-0.1, -0.05) is 17.9 Å². The predicted octanol–water partition coefficient (Wildman–Crippen LogP) is 2.56. The van der Waals surface area contributed by atoms with Crippen LogP contribution >= 0.6 is 11.3 Å². The molecule has 0 saturated heterocycles. The number of hydrogen-bond acceptors (Lipinski definition) is 4. The zero-order valence-corrected chi connectivity index (χ0v) is 9.30. The highest BCUT2D eigenvalue weighted by Crippen LogP contribution is 2.28. The Hall–Kier alpha value is -1.29. The van der Waals surface area contributed by atoms with Gasteiger partial charge in [0.15, 0.2) is 0 Å². The fourth-order valence-corrected chi connectivity index (χ4v) is 2.04. The summed E-state index contributed by atoms with van der Waals surface area (Å²) in [5, 5.41) is 0.739. The minimum Gasteiger partial charge on any atom is -0.467 e. The number of ether oxygens (including phenoxy) is 1. The molecule has 0 aromatic carbocycles. The van der Waals surface area contributed by atoms with Gasteiger partial charge in [-0.15, -0.1) is 0 Å². The topological polar surface area (TPSA) is 48.1 Å². The van der Waals surface area contributed by atoms with Gasteiger partial charge in [0.25, 0.3) is 5.19 Å². The molecule has 1 fully saturated rings. The Bertz CT molecular complexity index is 380. The van der Waals surface area contributed by atoms with E-state index in [0.29, 0.717) is 11.8 Å². The fourth-order valence-electron chi connectivity index (χ4n) is 1.25. The number of nitrogens with zero attached hydrogens (tertiary/aromatic N) is 1. The monoisotopic (exact) mass is 222 g/mol. The van der Waals surface area contributed by atoms with E-state index in [-0.39, 0.29) is 0 Å². The lowest BCUT2D eigenvalue weighted by molar-refractivity contribution is 0.120. The quantitative estimate of drug-likeness (QED) is 0.796. The molecule has 1 aliphatic rings. The second-order valence-corrected chi connectivity index (χ2v) is 4.57.